The summed E-state index contributed by atoms with van der Waals surface area (Å²) in [5.74, 6) is -0.936. The number of carbonyl (C=O) groups is 2. The zero-order valence-corrected chi connectivity index (χ0v) is 34.6. The van der Waals surface area contributed by atoms with Crippen molar-refractivity contribution in [1.82, 2.24) is 0 Å². The largest absolute Gasteiger partial charge is 0.472 e. The number of rotatable bonds is 40. The molecule has 0 aliphatic carbocycles. The number of hydrogen-bond donors (Lipinski definition) is 3. The Labute approximate surface area is 323 Å². The van der Waals surface area contributed by atoms with Crippen LogP contribution in [-0.2, 0) is 32.7 Å². The van der Waals surface area contributed by atoms with Crippen LogP contribution in [0.15, 0.2) is 24.3 Å². The van der Waals surface area contributed by atoms with Gasteiger partial charge in [0.05, 0.1) is 19.8 Å². The molecule has 0 rings (SSSR count). The maximum absolute atomic E-state index is 12.6. The first kappa shape index (κ1) is 51.5. The van der Waals surface area contributed by atoms with Crippen molar-refractivity contribution in [3.63, 3.8) is 0 Å². The summed E-state index contributed by atoms with van der Waals surface area (Å²) in [7, 11) is -4.61. The Kier molecular flexibility index (Phi) is 37.6. The lowest BCUT2D eigenvalue weighted by atomic mass is 10.1. The van der Waals surface area contributed by atoms with Gasteiger partial charge in [0.15, 0.2) is 6.10 Å². The van der Waals surface area contributed by atoms with E-state index in [4.69, 9.17) is 19.1 Å². The molecule has 53 heavy (non-hydrogen) atoms. The predicted octanol–water partition coefficient (Wildman–Crippen LogP) is 11.0. The summed E-state index contributed by atoms with van der Waals surface area (Å²) in [5.41, 5.74) is 0. The summed E-state index contributed by atoms with van der Waals surface area (Å²) in [5, 5.41) is 18.3. The summed E-state index contributed by atoms with van der Waals surface area (Å²) in [6, 6.07) is 0. The van der Waals surface area contributed by atoms with Gasteiger partial charge in [0.1, 0.15) is 12.7 Å². The standard InChI is InChI=1S/C42H79O10P/c1-3-5-7-9-11-13-15-17-19-21-23-25-27-29-31-33-41(45)49-37-40(38-51-53(47,48)50-36-39(44)35-43)52-42(46)34-32-30-28-26-24-22-20-18-16-14-12-10-8-6-4-2/h14,16-17,19,39-40,43-44H,3-13,15,18,20-38H2,1-2H3,(H,47,48)/b16-14-,19-17-/t39-,40+/m0/s1. The SMILES string of the molecule is CCCCCC/C=C\CCCCCCCCCC(=O)O[C@H](COC(=O)CCCCCCC/C=C\CCCCCCCC)COP(=O)(O)OC[C@@H](O)CO. The molecule has 0 saturated carbocycles. The van der Waals surface area contributed by atoms with Gasteiger partial charge in [0, 0.05) is 12.8 Å². The predicted molar refractivity (Wildman–Crippen MR) is 215 cm³/mol. The lowest BCUT2D eigenvalue weighted by Gasteiger charge is -2.20. The average molecular weight is 775 g/mol. The molecule has 0 fully saturated rings. The third-order valence-electron chi connectivity index (χ3n) is 9.08. The molecule has 0 spiro atoms. The van der Waals surface area contributed by atoms with Crippen LogP contribution in [0.3, 0.4) is 0 Å². The summed E-state index contributed by atoms with van der Waals surface area (Å²) in [6.07, 6.45) is 37.1. The summed E-state index contributed by atoms with van der Waals surface area (Å²) in [6.45, 7) is 2.35. The van der Waals surface area contributed by atoms with Gasteiger partial charge in [-0.15, -0.1) is 0 Å². The third kappa shape index (κ3) is 38.5. The zero-order chi connectivity index (χ0) is 39.1. The van der Waals surface area contributed by atoms with Gasteiger partial charge in [-0.3, -0.25) is 18.6 Å². The van der Waals surface area contributed by atoms with E-state index in [0.29, 0.717) is 12.8 Å². The fourth-order valence-electron chi connectivity index (χ4n) is 5.75. The number of allylic oxidation sites excluding steroid dienone is 4. The molecule has 0 saturated heterocycles. The molecule has 0 aliphatic rings. The van der Waals surface area contributed by atoms with Gasteiger partial charge < -0.3 is 24.6 Å². The molecule has 10 nitrogen and oxygen atoms in total. The second-order valence-electron chi connectivity index (χ2n) is 14.4. The van der Waals surface area contributed by atoms with Crippen LogP contribution in [0.4, 0.5) is 0 Å². The molecule has 0 aromatic carbocycles. The number of unbranched alkanes of at least 4 members (excludes halogenated alkanes) is 22. The molecule has 3 N–H and O–H groups in total. The van der Waals surface area contributed by atoms with Crippen molar-refractivity contribution in [3.05, 3.63) is 24.3 Å². The maximum Gasteiger partial charge on any atom is 0.472 e. The summed E-state index contributed by atoms with van der Waals surface area (Å²) < 4.78 is 32.7. The van der Waals surface area contributed by atoms with Gasteiger partial charge in [0.2, 0.25) is 0 Å². The molecular weight excluding hydrogens is 695 g/mol. The molecule has 0 heterocycles. The van der Waals surface area contributed by atoms with E-state index < -0.39 is 51.8 Å². The molecule has 0 bridgehead atoms. The van der Waals surface area contributed by atoms with Crippen molar-refractivity contribution < 1.29 is 47.8 Å². The van der Waals surface area contributed by atoms with Gasteiger partial charge in [0.25, 0.3) is 0 Å². The zero-order valence-electron chi connectivity index (χ0n) is 33.7. The van der Waals surface area contributed by atoms with E-state index in [9.17, 15) is 24.2 Å². The molecule has 0 aromatic rings. The van der Waals surface area contributed by atoms with E-state index in [2.05, 4.69) is 42.7 Å². The molecule has 0 aliphatic heterocycles. The van der Waals surface area contributed by atoms with Gasteiger partial charge in [-0.25, -0.2) is 4.57 Å². The number of aliphatic hydroxyl groups is 2. The smallest absolute Gasteiger partial charge is 0.462 e. The van der Waals surface area contributed by atoms with Crippen molar-refractivity contribution in [2.24, 2.45) is 0 Å². The Balaban J connectivity index is 4.32. The van der Waals surface area contributed by atoms with E-state index in [1.807, 2.05) is 0 Å². The normalized spacial score (nSPS) is 14.1. The molecule has 312 valence electrons. The Morgan fingerprint density at radius 1 is 0.547 bits per heavy atom. The fourth-order valence-corrected chi connectivity index (χ4v) is 6.54. The van der Waals surface area contributed by atoms with Crippen molar-refractivity contribution >= 4 is 19.8 Å². The van der Waals surface area contributed by atoms with Gasteiger partial charge in [-0.2, -0.15) is 0 Å². The van der Waals surface area contributed by atoms with Crippen LogP contribution < -0.4 is 0 Å². The summed E-state index contributed by atoms with van der Waals surface area (Å²) in [4.78, 5) is 34.9. The maximum atomic E-state index is 12.6. The van der Waals surface area contributed by atoms with E-state index in [-0.39, 0.29) is 19.4 Å². The number of hydrogen-bond acceptors (Lipinski definition) is 9. The van der Waals surface area contributed by atoms with E-state index in [1.54, 1.807) is 0 Å². The second kappa shape index (κ2) is 38.7. The first-order chi connectivity index (χ1) is 25.7. The van der Waals surface area contributed by atoms with Crippen molar-refractivity contribution in [2.45, 2.75) is 206 Å². The number of carbonyl (C=O) groups excluding carboxylic acids is 2. The first-order valence-corrected chi connectivity index (χ1v) is 22.8. The highest BCUT2D eigenvalue weighted by molar-refractivity contribution is 7.47. The molecule has 11 heteroatoms. The Morgan fingerprint density at radius 2 is 0.925 bits per heavy atom. The Morgan fingerprint density at radius 3 is 1.38 bits per heavy atom. The average Bonchev–Trinajstić information content (AvgIpc) is 3.14. The minimum Gasteiger partial charge on any atom is -0.462 e. The van der Waals surface area contributed by atoms with Crippen molar-refractivity contribution in [1.29, 1.82) is 0 Å². The van der Waals surface area contributed by atoms with Gasteiger partial charge >= 0.3 is 19.8 Å². The van der Waals surface area contributed by atoms with Crippen LogP contribution in [0.1, 0.15) is 194 Å². The van der Waals surface area contributed by atoms with Crippen molar-refractivity contribution in [3.8, 4) is 0 Å². The van der Waals surface area contributed by atoms with Crippen LogP contribution in [-0.4, -0.2) is 65.7 Å². The topological polar surface area (TPSA) is 149 Å². The number of phosphoric ester groups is 1. The minimum absolute atomic E-state index is 0.179. The van der Waals surface area contributed by atoms with E-state index in [1.165, 1.54) is 96.3 Å². The molecular formula is C42H79O10P. The van der Waals surface area contributed by atoms with Crippen LogP contribution in [0, 0.1) is 0 Å². The Bertz CT molecular complexity index is 941. The lowest BCUT2D eigenvalue weighted by Crippen LogP contribution is -2.29. The highest BCUT2D eigenvalue weighted by Gasteiger charge is 2.27. The van der Waals surface area contributed by atoms with Crippen LogP contribution in [0.5, 0.6) is 0 Å². The lowest BCUT2D eigenvalue weighted by molar-refractivity contribution is -0.161. The van der Waals surface area contributed by atoms with Gasteiger partial charge in [-0.05, 0) is 64.2 Å². The molecule has 1 unspecified atom stereocenters. The number of aliphatic hydroxyl groups excluding tert-OH is 2. The van der Waals surface area contributed by atoms with Crippen molar-refractivity contribution in [2.75, 3.05) is 26.4 Å². The highest BCUT2D eigenvalue weighted by Crippen LogP contribution is 2.43. The van der Waals surface area contributed by atoms with Crippen LogP contribution in [0.2, 0.25) is 0 Å². The fraction of sp³-hybridized carbons (Fsp3) is 0.857. The monoisotopic (exact) mass is 775 g/mol. The summed E-state index contributed by atoms with van der Waals surface area (Å²) >= 11 is 0. The molecule has 0 aromatic heterocycles. The quantitative estimate of drug-likeness (QED) is 0.0238. The Hall–Kier alpha value is -1.55. The van der Waals surface area contributed by atoms with Crippen LogP contribution in [0.25, 0.3) is 0 Å². The molecule has 3 atom stereocenters. The minimum atomic E-state index is -4.61. The third-order valence-corrected chi connectivity index (χ3v) is 10.0. The first-order valence-electron chi connectivity index (χ1n) is 21.3. The number of ether oxygens (including phenoxy) is 2. The van der Waals surface area contributed by atoms with E-state index in [0.717, 1.165) is 57.8 Å². The highest BCUT2D eigenvalue weighted by atomic mass is 31.2. The van der Waals surface area contributed by atoms with Gasteiger partial charge in [-0.1, -0.05) is 141 Å². The number of esters is 2. The van der Waals surface area contributed by atoms with E-state index >= 15 is 0 Å². The number of phosphoric acid groups is 1. The van der Waals surface area contributed by atoms with Crippen LogP contribution >= 0.6 is 7.82 Å². The molecule has 0 amide bonds. The second-order valence-corrected chi connectivity index (χ2v) is 15.8. The molecule has 0 radical (unpaired) electrons.